The zero-order valence-corrected chi connectivity index (χ0v) is 14.0. The van der Waals surface area contributed by atoms with E-state index >= 15 is 0 Å². The quantitative estimate of drug-likeness (QED) is 0.815. The molecule has 2 aromatic rings. The Balaban J connectivity index is 1.25. The van der Waals surface area contributed by atoms with Gasteiger partial charge in [-0.2, -0.15) is 0 Å². The Labute approximate surface area is 142 Å². The van der Waals surface area contributed by atoms with Crippen molar-refractivity contribution in [2.45, 2.75) is 19.5 Å². The zero-order valence-electron chi connectivity index (χ0n) is 14.0. The maximum atomic E-state index is 4.44. The Kier molecular flexibility index (Phi) is 4.36. The molecule has 4 rings (SSSR count). The van der Waals surface area contributed by atoms with Crippen LogP contribution in [0.5, 0.6) is 0 Å². The third-order valence-corrected chi connectivity index (χ3v) is 4.96. The fourth-order valence-corrected chi connectivity index (χ4v) is 3.45. The van der Waals surface area contributed by atoms with Crippen molar-refractivity contribution in [1.29, 1.82) is 0 Å². The number of hydrogen-bond acceptors (Lipinski definition) is 7. The number of anilines is 1. The summed E-state index contributed by atoms with van der Waals surface area (Å²) < 4.78 is 0. The van der Waals surface area contributed by atoms with Gasteiger partial charge in [-0.1, -0.05) is 0 Å². The molecule has 7 heteroatoms. The van der Waals surface area contributed by atoms with Crippen molar-refractivity contribution in [3.05, 3.63) is 42.2 Å². The zero-order chi connectivity index (χ0) is 16.4. The Morgan fingerprint density at radius 1 is 0.917 bits per heavy atom. The highest BCUT2D eigenvalue weighted by Gasteiger charge is 2.34. The van der Waals surface area contributed by atoms with Crippen molar-refractivity contribution in [2.24, 2.45) is 0 Å². The van der Waals surface area contributed by atoms with Crippen LogP contribution in [0.3, 0.4) is 0 Å². The van der Waals surface area contributed by atoms with E-state index in [0.717, 1.165) is 63.1 Å². The van der Waals surface area contributed by atoms with Crippen molar-refractivity contribution in [2.75, 3.05) is 44.2 Å². The standard InChI is InChI=1S/C17H23N7/c1-14-16(19-6-5-18-14)13-22-11-15(12-22)23-7-9-24(10-8-23)17-20-3-2-4-21-17/h2-6,15H,7-13H2,1H3. The van der Waals surface area contributed by atoms with E-state index in [9.17, 15) is 0 Å². The topological polar surface area (TPSA) is 61.3 Å². The van der Waals surface area contributed by atoms with Gasteiger partial charge in [0.05, 0.1) is 11.4 Å². The van der Waals surface area contributed by atoms with Crippen molar-refractivity contribution in [1.82, 2.24) is 29.7 Å². The summed E-state index contributed by atoms with van der Waals surface area (Å²) in [5, 5.41) is 0. The summed E-state index contributed by atoms with van der Waals surface area (Å²) in [6.45, 7) is 9.36. The van der Waals surface area contributed by atoms with Gasteiger partial charge in [0.2, 0.25) is 5.95 Å². The third kappa shape index (κ3) is 3.22. The molecule has 126 valence electrons. The van der Waals surface area contributed by atoms with Gasteiger partial charge < -0.3 is 4.90 Å². The summed E-state index contributed by atoms with van der Waals surface area (Å²) >= 11 is 0. The van der Waals surface area contributed by atoms with Crippen LogP contribution in [0.2, 0.25) is 0 Å². The van der Waals surface area contributed by atoms with E-state index in [4.69, 9.17) is 0 Å². The van der Waals surface area contributed by atoms with Gasteiger partial charge >= 0.3 is 0 Å². The van der Waals surface area contributed by atoms with Crippen LogP contribution in [0.25, 0.3) is 0 Å². The molecule has 0 atom stereocenters. The molecule has 24 heavy (non-hydrogen) atoms. The van der Waals surface area contributed by atoms with Gasteiger partial charge in [-0.25, -0.2) is 9.97 Å². The lowest BCUT2D eigenvalue weighted by Gasteiger charge is -2.48. The fraction of sp³-hybridized carbons (Fsp3) is 0.529. The largest absolute Gasteiger partial charge is 0.338 e. The summed E-state index contributed by atoms with van der Waals surface area (Å²) in [6.07, 6.45) is 7.16. The van der Waals surface area contributed by atoms with Crippen LogP contribution in [-0.4, -0.2) is 75.0 Å². The molecular weight excluding hydrogens is 302 g/mol. The number of hydrogen-bond donors (Lipinski definition) is 0. The first-order valence-electron chi connectivity index (χ1n) is 8.54. The molecular formula is C17H23N7. The number of likely N-dealkylation sites (tertiary alicyclic amines) is 1. The number of aryl methyl sites for hydroxylation is 1. The van der Waals surface area contributed by atoms with Gasteiger partial charge in [-0.05, 0) is 13.0 Å². The molecule has 0 N–H and O–H groups in total. The Morgan fingerprint density at radius 2 is 1.62 bits per heavy atom. The molecule has 0 saturated carbocycles. The van der Waals surface area contributed by atoms with Crippen LogP contribution < -0.4 is 4.90 Å². The predicted molar refractivity (Wildman–Crippen MR) is 91.7 cm³/mol. The van der Waals surface area contributed by atoms with E-state index in [1.165, 1.54) is 0 Å². The van der Waals surface area contributed by atoms with Gasteiger partial charge in [-0.3, -0.25) is 19.8 Å². The average Bonchev–Trinajstić information content (AvgIpc) is 2.60. The molecule has 2 aliphatic rings. The van der Waals surface area contributed by atoms with Crippen molar-refractivity contribution < 1.29 is 0 Å². The molecule has 2 fully saturated rings. The van der Waals surface area contributed by atoms with E-state index in [0.29, 0.717) is 6.04 Å². The van der Waals surface area contributed by atoms with Crippen LogP contribution in [0, 0.1) is 6.92 Å². The van der Waals surface area contributed by atoms with E-state index in [1.807, 2.05) is 25.4 Å². The first-order chi connectivity index (χ1) is 11.8. The first-order valence-corrected chi connectivity index (χ1v) is 8.54. The summed E-state index contributed by atoms with van der Waals surface area (Å²) in [4.78, 5) is 24.8. The van der Waals surface area contributed by atoms with E-state index in [1.54, 1.807) is 12.4 Å². The minimum Gasteiger partial charge on any atom is -0.338 e. The summed E-state index contributed by atoms with van der Waals surface area (Å²) in [6, 6.07) is 2.53. The number of nitrogens with zero attached hydrogens (tertiary/aromatic N) is 7. The fourth-order valence-electron chi connectivity index (χ4n) is 3.45. The SMILES string of the molecule is Cc1nccnc1CN1CC(N2CCN(c3ncccn3)CC2)C1. The van der Waals surface area contributed by atoms with Crippen LogP contribution in [0.4, 0.5) is 5.95 Å². The van der Waals surface area contributed by atoms with Gasteiger partial charge in [0.25, 0.3) is 0 Å². The minimum absolute atomic E-state index is 0.667. The highest BCUT2D eigenvalue weighted by atomic mass is 15.4. The van der Waals surface area contributed by atoms with Gasteiger partial charge in [-0.15, -0.1) is 0 Å². The molecule has 0 unspecified atom stereocenters. The van der Waals surface area contributed by atoms with Crippen LogP contribution in [0.1, 0.15) is 11.4 Å². The second-order valence-corrected chi connectivity index (χ2v) is 6.51. The number of rotatable bonds is 4. The Hall–Kier alpha value is -2.12. The predicted octanol–water partition coefficient (Wildman–Crippen LogP) is 0.581. The lowest BCUT2D eigenvalue weighted by molar-refractivity contribution is 0.0245. The maximum absolute atomic E-state index is 4.44. The lowest BCUT2D eigenvalue weighted by Crippen LogP contribution is -2.62. The molecule has 7 nitrogen and oxygen atoms in total. The van der Waals surface area contributed by atoms with Crippen molar-refractivity contribution in [3.8, 4) is 0 Å². The van der Waals surface area contributed by atoms with E-state index in [-0.39, 0.29) is 0 Å². The number of aromatic nitrogens is 4. The third-order valence-electron chi connectivity index (χ3n) is 4.96. The van der Waals surface area contributed by atoms with Crippen LogP contribution >= 0.6 is 0 Å². The highest BCUT2D eigenvalue weighted by molar-refractivity contribution is 5.29. The highest BCUT2D eigenvalue weighted by Crippen LogP contribution is 2.20. The van der Waals surface area contributed by atoms with E-state index in [2.05, 4.69) is 34.6 Å². The molecule has 0 spiro atoms. The van der Waals surface area contributed by atoms with Crippen molar-refractivity contribution >= 4 is 5.95 Å². The van der Waals surface area contributed by atoms with Crippen LogP contribution in [-0.2, 0) is 6.54 Å². The van der Waals surface area contributed by atoms with Crippen molar-refractivity contribution in [3.63, 3.8) is 0 Å². The summed E-state index contributed by atoms with van der Waals surface area (Å²) in [7, 11) is 0. The molecule has 2 aliphatic heterocycles. The minimum atomic E-state index is 0.667. The number of piperazine rings is 1. The van der Waals surface area contributed by atoms with Gasteiger partial charge in [0.1, 0.15) is 0 Å². The average molecular weight is 325 g/mol. The molecule has 2 aromatic heterocycles. The molecule has 0 amide bonds. The monoisotopic (exact) mass is 325 g/mol. The van der Waals surface area contributed by atoms with Gasteiger partial charge in [0.15, 0.2) is 0 Å². The van der Waals surface area contributed by atoms with Gasteiger partial charge in [0, 0.05) is 76.6 Å². The molecule has 0 radical (unpaired) electrons. The molecule has 0 bridgehead atoms. The molecule has 0 aliphatic carbocycles. The second-order valence-electron chi connectivity index (χ2n) is 6.51. The lowest BCUT2D eigenvalue weighted by atomic mass is 10.1. The smallest absolute Gasteiger partial charge is 0.225 e. The summed E-state index contributed by atoms with van der Waals surface area (Å²) in [5.74, 6) is 0.852. The molecule has 0 aromatic carbocycles. The summed E-state index contributed by atoms with van der Waals surface area (Å²) in [5.41, 5.74) is 2.14. The molecule has 2 saturated heterocycles. The normalized spacial score (nSPS) is 20.1. The first kappa shape index (κ1) is 15.4. The second kappa shape index (κ2) is 6.78. The van der Waals surface area contributed by atoms with Crippen LogP contribution in [0.15, 0.2) is 30.9 Å². The molecule has 4 heterocycles. The maximum Gasteiger partial charge on any atom is 0.225 e. The Bertz CT molecular complexity index is 664. The Morgan fingerprint density at radius 3 is 2.33 bits per heavy atom. The van der Waals surface area contributed by atoms with E-state index < -0.39 is 0 Å².